The van der Waals surface area contributed by atoms with Crippen LogP contribution < -0.4 is 10.5 Å². The maximum Gasteiger partial charge on any atom is 0.137 e. The minimum atomic E-state index is 0.391. The second kappa shape index (κ2) is 8.19. The number of nitrogens with two attached hydrogens (primary N) is 1. The summed E-state index contributed by atoms with van der Waals surface area (Å²) in [5.74, 6) is 1.80. The van der Waals surface area contributed by atoms with E-state index in [9.17, 15) is 0 Å². The lowest BCUT2D eigenvalue weighted by Crippen LogP contribution is -2.40. The molecule has 1 unspecified atom stereocenters. The maximum absolute atomic E-state index is 6.34. The Balaban J connectivity index is 2.07. The van der Waals surface area contributed by atoms with E-state index in [1.54, 1.807) is 0 Å². The predicted octanol–water partition coefficient (Wildman–Crippen LogP) is 3.90. The minimum absolute atomic E-state index is 0.391. The Labute approximate surface area is 139 Å². The number of piperidine rings is 1. The summed E-state index contributed by atoms with van der Waals surface area (Å²) in [7, 11) is 0. The quantitative estimate of drug-likeness (QED) is 0.862. The van der Waals surface area contributed by atoms with Crippen LogP contribution in [0.2, 0.25) is 5.02 Å². The van der Waals surface area contributed by atoms with Gasteiger partial charge in [-0.15, -0.1) is 0 Å². The van der Waals surface area contributed by atoms with Crippen LogP contribution in [-0.4, -0.2) is 37.2 Å². The average Bonchev–Trinajstić information content (AvgIpc) is 2.51. The molecule has 2 N–H and O–H groups in total. The summed E-state index contributed by atoms with van der Waals surface area (Å²) >= 11 is 6.34. The molecule has 124 valence electrons. The summed E-state index contributed by atoms with van der Waals surface area (Å²) in [6.45, 7) is 10.2. The van der Waals surface area contributed by atoms with Gasteiger partial charge < -0.3 is 15.4 Å². The molecule has 0 spiro atoms. The molecule has 1 aromatic carbocycles. The third-order valence-electron chi connectivity index (χ3n) is 4.81. The van der Waals surface area contributed by atoms with E-state index in [-0.39, 0.29) is 0 Å². The van der Waals surface area contributed by atoms with Gasteiger partial charge in [-0.3, -0.25) is 0 Å². The molecule has 1 aliphatic heterocycles. The molecule has 1 atom stereocenters. The summed E-state index contributed by atoms with van der Waals surface area (Å²) in [6.07, 6.45) is 2.43. The van der Waals surface area contributed by atoms with Gasteiger partial charge >= 0.3 is 0 Å². The Morgan fingerprint density at radius 3 is 2.50 bits per heavy atom. The molecule has 1 aliphatic rings. The molecule has 1 aromatic rings. The predicted molar refractivity (Wildman–Crippen MR) is 93.8 cm³/mol. The highest BCUT2D eigenvalue weighted by Crippen LogP contribution is 2.35. The SMILES string of the molecule is CCOc1ccc(C(CN)C2CCN(C(C)C)CC2)cc1Cl. The van der Waals surface area contributed by atoms with Crippen LogP contribution in [0.3, 0.4) is 0 Å². The number of hydrogen-bond acceptors (Lipinski definition) is 3. The first kappa shape index (κ1) is 17.6. The fourth-order valence-electron chi connectivity index (χ4n) is 3.46. The third kappa shape index (κ3) is 4.15. The van der Waals surface area contributed by atoms with Crippen molar-refractivity contribution in [2.45, 2.75) is 45.6 Å². The summed E-state index contributed by atoms with van der Waals surface area (Å²) in [5.41, 5.74) is 7.34. The van der Waals surface area contributed by atoms with Crippen LogP contribution in [0, 0.1) is 5.92 Å². The Morgan fingerprint density at radius 1 is 1.32 bits per heavy atom. The highest BCUT2D eigenvalue weighted by molar-refractivity contribution is 6.32. The number of hydrogen-bond donors (Lipinski definition) is 1. The Morgan fingerprint density at radius 2 is 2.00 bits per heavy atom. The van der Waals surface area contributed by atoms with Crippen LogP contribution in [0.4, 0.5) is 0 Å². The van der Waals surface area contributed by atoms with Crippen LogP contribution in [0.1, 0.15) is 45.1 Å². The molecule has 0 radical (unpaired) electrons. The van der Waals surface area contributed by atoms with Gasteiger partial charge in [-0.1, -0.05) is 17.7 Å². The van der Waals surface area contributed by atoms with Crippen molar-refractivity contribution in [3.8, 4) is 5.75 Å². The van der Waals surface area contributed by atoms with E-state index in [1.807, 2.05) is 19.1 Å². The second-order valence-corrected chi connectivity index (χ2v) is 6.84. The molecule has 3 nitrogen and oxygen atoms in total. The molecule has 2 rings (SSSR count). The molecule has 0 saturated carbocycles. The van der Waals surface area contributed by atoms with Gasteiger partial charge in [-0.25, -0.2) is 0 Å². The standard InChI is InChI=1S/C18H29ClN2O/c1-4-22-18-6-5-15(11-17(18)19)16(12-20)14-7-9-21(10-8-14)13(2)3/h5-6,11,13-14,16H,4,7-10,12,20H2,1-3H3. The van der Waals surface area contributed by atoms with Crippen LogP contribution in [0.5, 0.6) is 5.75 Å². The zero-order chi connectivity index (χ0) is 16.1. The normalized spacial score (nSPS) is 18.6. The molecule has 0 amide bonds. The van der Waals surface area contributed by atoms with Crippen molar-refractivity contribution in [1.29, 1.82) is 0 Å². The number of rotatable bonds is 6. The van der Waals surface area contributed by atoms with E-state index in [0.717, 1.165) is 5.75 Å². The summed E-state index contributed by atoms with van der Waals surface area (Å²) in [5, 5.41) is 0.692. The average molecular weight is 325 g/mol. The molecule has 1 fully saturated rings. The summed E-state index contributed by atoms with van der Waals surface area (Å²) < 4.78 is 5.52. The monoisotopic (exact) mass is 324 g/mol. The van der Waals surface area contributed by atoms with Gasteiger partial charge in [0.05, 0.1) is 11.6 Å². The Kier molecular flexibility index (Phi) is 6.54. The topological polar surface area (TPSA) is 38.5 Å². The van der Waals surface area contributed by atoms with Crippen LogP contribution in [0.15, 0.2) is 18.2 Å². The molecule has 4 heteroatoms. The van der Waals surface area contributed by atoms with Crippen molar-refractivity contribution in [3.63, 3.8) is 0 Å². The van der Waals surface area contributed by atoms with E-state index in [0.29, 0.717) is 36.1 Å². The van der Waals surface area contributed by atoms with E-state index in [1.165, 1.54) is 31.5 Å². The van der Waals surface area contributed by atoms with Crippen molar-refractivity contribution in [2.24, 2.45) is 11.7 Å². The zero-order valence-electron chi connectivity index (χ0n) is 14.0. The van der Waals surface area contributed by atoms with E-state index < -0.39 is 0 Å². The van der Waals surface area contributed by atoms with Gasteiger partial charge in [0.2, 0.25) is 0 Å². The van der Waals surface area contributed by atoms with Gasteiger partial charge in [-0.2, -0.15) is 0 Å². The first-order chi connectivity index (χ1) is 10.6. The van der Waals surface area contributed by atoms with E-state index in [2.05, 4.69) is 24.8 Å². The number of halogens is 1. The fraction of sp³-hybridized carbons (Fsp3) is 0.667. The van der Waals surface area contributed by atoms with E-state index in [4.69, 9.17) is 22.1 Å². The van der Waals surface area contributed by atoms with Crippen molar-refractivity contribution < 1.29 is 4.74 Å². The summed E-state index contributed by atoms with van der Waals surface area (Å²) in [4.78, 5) is 2.55. The molecule has 22 heavy (non-hydrogen) atoms. The highest BCUT2D eigenvalue weighted by Gasteiger charge is 2.28. The second-order valence-electron chi connectivity index (χ2n) is 6.43. The first-order valence-corrected chi connectivity index (χ1v) is 8.81. The molecule has 1 saturated heterocycles. The van der Waals surface area contributed by atoms with Crippen LogP contribution >= 0.6 is 11.6 Å². The van der Waals surface area contributed by atoms with Crippen LogP contribution in [0.25, 0.3) is 0 Å². The molecule has 0 bridgehead atoms. The van der Waals surface area contributed by atoms with Crippen molar-refractivity contribution in [3.05, 3.63) is 28.8 Å². The number of ether oxygens (including phenoxy) is 1. The van der Waals surface area contributed by atoms with Gasteiger partial charge in [0.15, 0.2) is 0 Å². The minimum Gasteiger partial charge on any atom is -0.492 e. The van der Waals surface area contributed by atoms with Gasteiger partial charge in [0.25, 0.3) is 0 Å². The van der Waals surface area contributed by atoms with Gasteiger partial charge in [0, 0.05) is 6.04 Å². The van der Waals surface area contributed by atoms with Gasteiger partial charge in [-0.05, 0) is 82.8 Å². The van der Waals surface area contributed by atoms with Crippen molar-refractivity contribution in [2.75, 3.05) is 26.2 Å². The van der Waals surface area contributed by atoms with Crippen molar-refractivity contribution in [1.82, 2.24) is 4.90 Å². The molecular weight excluding hydrogens is 296 g/mol. The number of likely N-dealkylation sites (tertiary alicyclic amines) is 1. The van der Waals surface area contributed by atoms with Crippen LogP contribution in [-0.2, 0) is 0 Å². The molecular formula is C18H29ClN2O. The molecule has 0 aliphatic carbocycles. The first-order valence-electron chi connectivity index (χ1n) is 8.43. The molecule has 1 heterocycles. The zero-order valence-corrected chi connectivity index (χ0v) is 14.8. The lowest BCUT2D eigenvalue weighted by molar-refractivity contribution is 0.138. The van der Waals surface area contributed by atoms with E-state index >= 15 is 0 Å². The molecule has 0 aromatic heterocycles. The lowest BCUT2D eigenvalue weighted by Gasteiger charge is -2.38. The highest BCUT2D eigenvalue weighted by atomic mass is 35.5. The third-order valence-corrected chi connectivity index (χ3v) is 5.11. The maximum atomic E-state index is 6.34. The van der Waals surface area contributed by atoms with Gasteiger partial charge in [0.1, 0.15) is 5.75 Å². The fourth-order valence-corrected chi connectivity index (χ4v) is 3.70. The summed E-state index contributed by atoms with van der Waals surface area (Å²) in [6, 6.07) is 6.78. The Hall–Kier alpha value is -0.770. The Bertz CT molecular complexity index is 470. The van der Waals surface area contributed by atoms with Crippen molar-refractivity contribution >= 4 is 11.6 Å². The number of nitrogens with zero attached hydrogens (tertiary/aromatic N) is 1. The smallest absolute Gasteiger partial charge is 0.137 e. The largest absolute Gasteiger partial charge is 0.492 e. The lowest BCUT2D eigenvalue weighted by atomic mass is 9.80. The number of benzene rings is 1.